The van der Waals surface area contributed by atoms with Crippen LogP contribution in [-0.2, 0) is 16.1 Å². The number of nitrogens with one attached hydrogen (secondary N) is 1. The molecular weight excluding hydrogens is 512 g/mol. The maximum Gasteiger partial charge on any atom is 0.251 e. The standard InChI is InChI=1S/C29H32N6O5/c1-38-23-16-15-22(18-25(23)39-2)35(26(36)19-34-32-28(31-33-34)20-10-5-3-6-11-20)27(24-14-9-17-40-24)29(37)30-21-12-7-4-8-13-21/h3,5-6,9-11,14-18,21,27H,4,7-8,12-13,19H2,1-2H3,(H,30,37)/t27-/m0/s1. The molecule has 1 N–H and O–H groups in total. The van der Waals surface area contributed by atoms with E-state index < -0.39 is 11.9 Å². The van der Waals surface area contributed by atoms with E-state index in [0.29, 0.717) is 28.8 Å². The number of carbonyl (C=O) groups excluding carboxylic acids is 2. The number of tetrazole rings is 1. The summed E-state index contributed by atoms with van der Waals surface area (Å²) in [5, 5.41) is 15.7. The molecule has 1 aliphatic rings. The molecule has 2 aromatic heterocycles. The van der Waals surface area contributed by atoms with Gasteiger partial charge >= 0.3 is 0 Å². The van der Waals surface area contributed by atoms with Crippen LogP contribution in [0.25, 0.3) is 11.4 Å². The fourth-order valence-corrected chi connectivity index (χ4v) is 4.97. The van der Waals surface area contributed by atoms with Gasteiger partial charge in [0, 0.05) is 23.4 Å². The van der Waals surface area contributed by atoms with Crippen molar-refractivity contribution in [2.75, 3.05) is 19.1 Å². The molecule has 2 heterocycles. The van der Waals surface area contributed by atoms with E-state index in [-0.39, 0.29) is 18.5 Å². The predicted molar refractivity (Wildman–Crippen MR) is 147 cm³/mol. The van der Waals surface area contributed by atoms with Gasteiger partial charge in [-0.15, -0.1) is 10.2 Å². The highest BCUT2D eigenvalue weighted by molar-refractivity contribution is 6.01. The quantitative estimate of drug-likeness (QED) is 0.315. The smallest absolute Gasteiger partial charge is 0.251 e. The topological polar surface area (TPSA) is 125 Å². The highest BCUT2D eigenvalue weighted by atomic mass is 16.5. The van der Waals surface area contributed by atoms with Gasteiger partial charge in [-0.1, -0.05) is 49.6 Å². The van der Waals surface area contributed by atoms with Crippen molar-refractivity contribution in [1.29, 1.82) is 0 Å². The monoisotopic (exact) mass is 544 g/mol. The summed E-state index contributed by atoms with van der Waals surface area (Å²) < 4.78 is 16.6. The van der Waals surface area contributed by atoms with E-state index in [1.165, 1.54) is 30.2 Å². The molecule has 208 valence electrons. The van der Waals surface area contributed by atoms with Crippen LogP contribution in [0.1, 0.15) is 43.9 Å². The van der Waals surface area contributed by atoms with Crippen LogP contribution in [0.5, 0.6) is 11.5 Å². The first-order valence-corrected chi connectivity index (χ1v) is 13.3. The number of benzene rings is 2. The van der Waals surface area contributed by atoms with E-state index in [2.05, 4.69) is 20.7 Å². The molecule has 1 aliphatic carbocycles. The first kappa shape index (κ1) is 26.9. The molecule has 0 spiro atoms. The number of amides is 2. The number of rotatable bonds is 10. The molecule has 4 aromatic rings. The number of ether oxygens (including phenoxy) is 2. The van der Waals surface area contributed by atoms with E-state index in [0.717, 1.165) is 37.7 Å². The molecule has 2 amide bonds. The van der Waals surface area contributed by atoms with Crippen molar-refractivity contribution in [1.82, 2.24) is 25.5 Å². The molecule has 1 atom stereocenters. The number of aromatic nitrogens is 4. The Balaban J connectivity index is 1.51. The molecule has 0 saturated heterocycles. The second kappa shape index (κ2) is 12.5. The van der Waals surface area contributed by atoms with Crippen molar-refractivity contribution in [2.24, 2.45) is 0 Å². The fraction of sp³-hybridized carbons (Fsp3) is 0.345. The van der Waals surface area contributed by atoms with E-state index in [1.807, 2.05) is 30.3 Å². The van der Waals surface area contributed by atoms with Crippen molar-refractivity contribution in [2.45, 2.75) is 50.7 Å². The molecule has 1 fully saturated rings. The Bertz CT molecular complexity index is 1420. The highest BCUT2D eigenvalue weighted by Crippen LogP contribution is 2.36. The number of hydrogen-bond acceptors (Lipinski definition) is 8. The third-order valence-corrected chi connectivity index (χ3v) is 6.95. The number of methoxy groups -OCH3 is 2. The van der Waals surface area contributed by atoms with Gasteiger partial charge in [-0.3, -0.25) is 14.5 Å². The van der Waals surface area contributed by atoms with Gasteiger partial charge in [0.2, 0.25) is 5.82 Å². The van der Waals surface area contributed by atoms with Crippen molar-refractivity contribution >= 4 is 17.5 Å². The molecule has 1 saturated carbocycles. The Labute approximate surface area is 232 Å². The van der Waals surface area contributed by atoms with Crippen LogP contribution < -0.4 is 19.7 Å². The molecule has 0 unspecified atom stereocenters. The van der Waals surface area contributed by atoms with Gasteiger partial charge in [-0.05, 0) is 42.3 Å². The number of hydrogen-bond donors (Lipinski definition) is 1. The van der Waals surface area contributed by atoms with E-state index in [9.17, 15) is 9.59 Å². The predicted octanol–water partition coefficient (Wildman–Crippen LogP) is 4.17. The molecular formula is C29H32N6O5. The van der Waals surface area contributed by atoms with Gasteiger partial charge in [0.25, 0.3) is 11.8 Å². The average molecular weight is 545 g/mol. The van der Waals surface area contributed by atoms with Crippen LogP contribution in [0.4, 0.5) is 5.69 Å². The zero-order valence-electron chi connectivity index (χ0n) is 22.5. The van der Waals surface area contributed by atoms with Crippen molar-refractivity contribution in [3.63, 3.8) is 0 Å². The summed E-state index contributed by atoms with van der Waals surface area (Å²) in [5.74, 6) is 0.849. The molecule has 0 aliphatic heterocycles. The average Bonchev–Trinajstić information content (AvgIpc) is 3.69. The largest absolute Gasteiger partial charge is 0.493 e. The van der Waals surface area contributed by atoms with E-state index >= 15 is 0 Å². The summed E-state index contributed by atoms with van der Waals surface area (Å²) in [7, 11) is 3.04. The van der Waals surface area contributed by atoms with Crippen molar-refractivity contribution in [3.05, 3.63) is 72.7 Å². The molecule has 40 heavy (non-hydrogen) atoms. The van der Waals surface area contributed by atoms with Crippen LogP contribution in [-0.4, -0.2) is 52.3 Å². The zero-order chi connectivity index (χ0) is 27.9. The number of nitrogens with zero attached hydrogens (tertiary/aromatic N) is 5. The third-order valence-electron chi connectivity index (χ3n) is 6.95. The minimum absolute atomic E-state index is 0.0338. The SMILES string of the molecule is COc1ccc(N(C(=O)Cn2nnc(-c3ccccc3)n2)[C@H](C(=O)NC2CCCCC2)c2ccco2)cc1OC. The Hall–Kier alpha value is -4.67. The normalized spacial score (nSPS) is 14.3. The van der Waals surface area contributed by atoms with Gasteiger partial charge in [-0.25, -0.2) is 0 Å². The Morgan fingerprint density at radius 3 is 2.50 bits per heavy atom. The molecule has 0 bridgehead atoms. The molecule has 2 aromatic carbocycles. The summed E-state index contributed by atoms with van der Waals surface area (Å²) in [4.78, 5) is 30.5. The summed E-state index contributed by atoms with van der Waals surface area (Å²) in [6.45, 7) is -0.262. The van der Waals surface area contributed by atoms with Crippen molar-refractivity contribution < 1.29 is 23.5 Å². The second-order valence-corrected chi connectivity index (χ2v) is 9.57. The van der Waals surface area contributed by atoms with Crippen LogP contribution in [0.2, 0.25) is 0 Å². The Morgan fingerprint density at radius 2 is 1.80 bits per heavy atom. The molecule has 11 nitrogen and oxygen atoms in total. The maximum atomic E-state index is 14.0. The zero-order valence-corrected chi connectivity index (χ0v) is 22.5. The first-order valence-electron chi connectivity index (χ1n) is 13.3. The third kappa shape index (κ3) is 5.98. The maximum absolute atomic E-state index is 14.0. The number of anilines is 1. The lowest BCUT2D eigenvalue weighted by Crippen LogP contribution is -2.48. The van der Waals surface area contributed by atoms with Gasteiger partial charge in [0.15, 0.2) is 17.5 Å². The minimum Gasteiger partial charge on any atom is -0.493 e. The van der Waals surface area contributed by atoms with Gasteiger partial charge in [0.1, 0.15) is 12.3 Å². The fourth-order valence-electron chi connectivity index (χ4n) is 4.97. The van der Waals surface area contributed by atoms with E-state index in [1.54, 1.807) is 30.3 Å². The first-order chi connectivity index (χ1) is 19.6. The van der Waals surface area contributed by atoms with Gasteiger partial charge < -0.3 is 19.2 Å². The van der Waals surface area contributed by atoms with Crippen molar-refractivity contribution in [3.8, 4) is 22.9 Å². The summed E-state index contributed by atoms with van der Waals surface area (Å²) in [6, 6.07) is 16.7. The summed E-state index contributed by atoms with van der Waals surface area (Å²) in [6.07, 6.45) is 6.53. The lowest BCUT2D eigenvalue weighted by Gasteiger charge is -2.32. The van der Waals surface area contributed by atoms with Crippen LogP contribution >= 0.6 is 0 Å². The minimum atomic E-state index is -1.08. The highest BCUT2D eigenvalue weighted by Gasteiger charge is 2.36. The lowest BCUT2D eigenvalue weighted by atomic mass is 9.95. The molecule has 0 radical (unpaired) electrons. The Kier molecular flexibility index (Phi) is 8.38. The second-order valence-electron chi connectivity index (χ2n) is 9.57. The summed E-state index contributed by atoms with van der Waals surface area (Å²) in [5.41, 5.74) is 1.20. The molecule has 5 rings (SSSR count). The Morgan fingerprint density at radius 1 is 1.02 bits per heavy atom. The number of carbonyl (C=O) groups is 2. The van der Waals surface area contributed by atoms with Crippen LogP contribution in [0.15, 0.2) is 71.3 Å². The van der Waals surface area contributed by atoms with Gasteiger partial charge in [-0.2, -0.15) is 4.80 Å². The number of furan rings is 1. The van der Waals surface area contributed by atoms with Crippen LogP contribution in [0, 0.1) is 0 Å². The van der Waals surface area contributed by atoms with Gasteiger partial charge in [0.05, 0.1) is 20.5 Å². The summed E-state index contributed by atoms with van der Waals surface area (Å²) >= 11 is 0. The van der Waals surface area contributed by atoms with Crippen LogP contribution in [0.3, 0.4) is 0 Å². The van der Waals surface area contributed by atoms with E-state index in [4.69, 9.17) is 13.9 Å². The molecule has 11 heteroatoms. The lowest BCUT2D eigenvalue weighted by molar-refractivity contribution is -0.128.